The van der Waals surface area contributed by atoms with Crippen molar-refractivity contribution in [2.24, 2.45) is 0 Å². The highest BCUT2D eigenvalue weighted by atomic mass is 19.1. The van der Waals surface area contributed by atoms with Gasteiger partial charge < -0.3 is 18.9 Å². The molecule has 1 aliphatic heterocycles. The van der Waals surface area contributed by atoms with E-state index in [0.29, 0.717) is 19.0 Å². The lowest BCUT2D eigenvalue weighted by Crippen LogP contribution is -1.99. The maximum Gasteiger partial charge on any atom is 0.231 e. The zero-order valence-electron chi connectivity index (χ0n) is 12.1. The van der Waals surface area contributed by atoms with Crippen LogP contribution in [-0.2, 0) is 18.0 Å². The van der Waals surface area contributed by atoms with Crippen molar-refractivity contribution >= 4 is 0 Å². The molecule has 0 spiro atoms. The summed E-state index contributed by atoms with van der Waals surface area (Å²) in [5, 5.41) is 0. The number of benzene rings is 2. The van der Waals surface area contributed by atoms with Crippen LogP contribution < -0.4 is 14.2 Å². The Morgan fingerprint density at radius 2 is 1.64 bits per heavy atom. The molecule has 0 unspecified atom stereocenters. The number of fused-ring (bicyclic) bond motifs is 1. The molecule has 0 aromatic heterocycles. The summed E-state index contributed by atoms with van der Waals surface area (Å²) < 4.78 is 33.5. The Morgan fingerprint density at radius 1 is 0.909 bits per heavy atom. The highest BCUT2D eigenvalue weighted by Gasteiger charge is 2.12. The summed E-state index contributed by atoms with van der Waals surface area (Å²) in [6, 6.07) is 13.2. The molecule has 0 aliphatic carbocycles. The Morgan fingerprint density at radius 3 is 2.45 bits per heavy atom. The summed E-state index contributed by atoms with van der Waals surface area (Å²) >= 11 is 0. The molecule has 0 saturated carbocycles. The molecule has 0 bridgehead atoms. The molecule has 22 heavy (non-hydrogen) atoms. The Labute approximate surface area is 128 Å². The summed E-state index contributed by atoms with van der Waals surface area (Å²) in [5.41, 5.74) is 2.07. The van der Waals surface area contributed by atoms with Gasteiger partial charge in [-0.3, -0.25) is 0 Å². The van der Waals surface area contributed by atoms with Crippen LogP contribution in [0.3, 0.4) is 0 Å². The zero-order chi connectivity index (χ0) is 15.2. The van der Waals surface area contributed by atoms with Crippen molar-refractivity contribution in [3.63, 3.8) is 0 Å². The largest absolute Gasteiger partial charge is 0.491 e. The number of hydrogen-bond donors (Lipinski definition) is 0. The van der Waals surface area contributed by atoms with Crippen molar-refractivity contribution in [1.82, 2.24) is 0 Å². The molecule has 2 aromatic carbocycles. The van der Waals surface area contributed by atoms with Gasteiger partial charge in [0.2, 0.25) is 6.79 Å². The summed E-state index contributed by atoms with van der Waals surface area (Å²) in [4.78, 5) is 0. The Bertz CT molecular complexity index is 613. The zero-order valence-corrected chi connectivity index (χ0v) is 12.1. The van der Waals surface area contributed by atoms with Gasteiger partial charge in [-0.1, -0.05) is 18.2 Å². The molecule has 0 atom stereocenters. The first-order chi connectivity index (χ1) is 10.8. The van der Waals surface area contributed by atoms with E-state index < -0.39 is 6.67 Å². The molecule has 5 heteroatoms. The fraction of sp³-hybridized carbons (Fsp3) is 0.294. The van der Waals surface area contributed by atoms with Crippen molar-refractivity contribution < 1.29 is 23.3 Å². The topological polar surface area (TPSA) is 36.9 Å². The van der Waals surface area contributed by atoms with E-state index in [0.717, 1.165) is 22.6 Å². The molecule has 0 fully saturated rings. The van der Waals surface area contributed by atoms with E-state index in [4.69, 9.17) is 18.9 Å². The number of ether oxygens (including phenoxy) is 4. The molecule has 2 aromatic rings. The van der Waals surface area contributed by atoms with Crippen LogP contribution in [0.4, 0.5) is 4.39 Å². The van der Waals surface area contributed by atoms with Crippen LogP contribution in [0.2, 0.25) is 0 Å². The van der Waals surface area contributed by atoms with Gasteiger partial charge >= 0.3 is 0 Å². The van der Waals surface area contributed by atoms with Crippen LogP contribution in [0.15, 0.2) is 42.5 Å². The molecule has 0 amide bonds. The fourth-order valence-corrected chi connectivity index (χ4v) is 2.16. The predicted octanol–water partition coefficient (Wildman–Crippen LogP) is 3.48. The lowest BCUT2D eigenvalue weighted by molar-refractivity contribution is 0.107. The summed E-state index contributed by atoms with van der Waals surface area (Å²) in [5.74, 6) is 2.19. The minimum Gasteiger partial charge on any atom is -0.491 e. The first-order valence-corrected chi connectivity index (χ1v) is 7.09. The van der Waals surface area contributed by atoms with Crippen LogP contribution in [0, 0.1) is 0 Å². The van der Waals surface area contributed by atoms with Crippen LogP contribution in [0.1, 0.15) is 11.1 Å². The fourth-order valence-electron chi connectivity index (χ4n) is 2.16. The third-order valence-corrected chi connectivity index (χ3v) is 3.24. The first-order valence-electron chi connectivity index (χ1n) is 7.09. The van der Waals surface area contributed by atoms with E-state index in [1.54, 1.807) is 0 Å². The Hall–Kier alpha value is -2.27. The summed E-state index contributed by atoms with van der Waals surface area (Å²) in [6.07, 6.45) is 0. The SMILES string of the molecule is FCCOc1ccc(COCc2ccc3c(c2)OCO3)cc1. The van der Waals surface area contributed by atoms with Crippen molar-refractivity contribution in [2.45, 2.75) is 13.2 Å². The van der Waals surface area contributed by atoms with Gasteiger partial charge in [0, 0.05) is 0 Å². The van der Waals surface area contributed by atoms with Gasteiger partial charge in [-0.2, -0.15) is 0 Å². The maximum atomic E-state index is 12.0. The van der Waals surface area contributed by atoms with Crippen molar-refractivity contribution in [3.8, 4) is 17.2 Å². The van der Waals surface area contributed by atoms with Gasteiger partial charge in [0.05, 0.1) is 13.2 Å². The van der Waals surface area contributed by atoms with E-state index in [2.05, 4.69) is 0 Å². The number of rotatable bonds is 7. The molecule has 0 N–H and O–H groups in total. The molecule has 1 heterocycles. The molecule has 3 rings (SSSR count). The van der Waals surface area contributed by atoms with Gasteiger partial charge in [-0.05, 0) is 35.4 Å². The second kappa shape index (κ2) is 7.13. The van der Waals surface area contributed by atoms with E-state index >= 15 is 0 Å². The maximum absolute atomic E-state index is 12.0. The van der Waals surface area contributed by atoms with Crippen molar-refractivity contribution in [2.75, 3.05) is 20.1 Å². The number of halogens is 1. The minimum atomic E-state index is -0.486. The predicted molar refractivity (Wildman–Crippen MR) is 79.0 cm³/mol. The van der Waals surface area contributed by atoms with E-state index in [1.807, 2.05) is 42.5 Å². The van der Waals surface area contributed by atoms with Gasteiger partial charge in [-0.25, -0.2) is 4.39 Å². The smallest absolute Gasteiger partial charge is 0.231 e. The second-order valence-electron chi connectivity index (χ2n) is 4.86. The average molecular weight is 304 g/mol. The van der Waals surface area contributed by atoms with Crippen LogP contribution in [0.5, 0.6) is 17.2 Å². The highest BCUT2D eigenvalue weighted by molar-refractivity contribution is 5.44. The van der Waals surface area contributed by atoms with Crippen LogP contribution >= 0.6 is 0 Å². The van der Waals surface area contributed by atoms with Crippen molar-refractivity contribution in [3.05, 3.63) is 53.6 Å². The number of alkyl halides is 1. The first kappa shape index (κ1) is 14.7. The molecule has 0 saturated heterocycles. The Kier molecular flexibility index (Phi) is 4.75. The molecule has 1 aliphatic rings. The normalized spacial score (nSPS) is 12.4. The Balaban J connectivity index is 1.48. The molecular formula is C17H17FO4. The van der Waals surface area contributed by atoms with E-state index in [9.17, 15) is 4.39 Å². The number of hydrogen-bond acceptors (Lipinski definition) is 4. The average Bonchev–Trinajstić information content (AvgIpc) is 3.02. The van der Waals surface area contributed by atoms with Gasteiger partial charge in [0.15, 0.2) is 11.5 Å². The van der Waals surface area contributed by atoms with Gasteiger partial charge in [-0.15, -0.1) is 0 Å². The third kappa shape index (κ3) is 3.68. The summed E-state index contributed by atoms with van der Waals surface area (Å²) in [6.45, 7) is 0.866. The lowest BCUT2D eigenvalue weighted by atomic mass is 10.2. The highest BCUT2D eigenvalue weighted by Crippen LogP contribution is 2.32. The van der Waals surface area contributed by atoms with Crippen LogP contribution in [0.25, 0.3) is 0 Å². The van der Waals surface area contributed by atoms with Crippen molar-refractivity contribution in [1.29, 1.82) is 0 Å². The second-order valence-corrected chi connectivity index (χ2v) is 4.86. The standard InChI is InChI=1S/C17H17FO4/c18-7-8-20-15-4-1-13(2-5-15)10-19-11-14-3-6-16-17(9-14)22-12-21-16/h1-6,9H,7-8,10-12H2. The molecule has 0 radical (unpaired) electrons. The van der Waals surface area contributed by atoms with E-state index in [-0.39, 0.29) is 13.4 Å². The minimum absolute atomic E-state index is 0.0833. The quantitative estimate of drug-likeness (QED) is 0.785. The third-order valence-electron chi connectivity index (χ3n) is 3.24. The molecular weight excluding hydrogens is 287 g/mol. The van der Waals surface area contributed by atoms with Gasteiger partial charge in [0.1, 0.15) is 19.0 Å². The molecule has 116 valence electrons. The summed E-state index contributed by atoms with van der Waals surface area (Å²) in [7, 11) is 0. The van der Waals surface area contributed by atoms with Crippen LogP contribution in [-0.4, -0.2) is 20.1 Å². The lowest BCUT2D eigenvalue weighted by Gasteiger charge is -2.07. The van der Waals surface area contributed by atoms with E-state index in [1.165, 1.54) is 0 Å². The molecule has 4 nitrogen and oxygen atoms in total. The monoisotopic (exact) mass is 304 g/mol. The van der Waals surface area contributed by atoms with Gasteiger partial charge in [0.25, 0.3) is 0 Å².